The van der Waals surface area contributed by atoms with E-state index in [9.17, 15) is 9.90 Å². The van der Waals surface area contributed by atoms with E-state index < -0.39 is 11.6 Å². The molecule has 3 nitrogen and oxygen atoms in total. The zero-order valence-electron chi connectivity index (χ0n) is 10.5. The van der Waals surface area contributed by atoms with Gasteiger partial charge in [0.15, 0.2) is 5.60 Å². The van der Waals surface area contributed by atoms with Gasteiger partial charge in [-0.15, -0.1) is 0 Å². The first-order valence-electron chi connectivity index (χ1n) is 6.44. The first kappa shape index (κ1) is 13.5. The second-order valence-corrected chi connectivity index (χ2v) is 5.24. The third-order valence-corrected chi connectivity index (χ3v) is 3.37. The Kier molecular flexibility index (Phi) is 5.26. The smallest absolute Gasteiger partial charge is 0.335 e. The van der Waals surface area contributed by atoms with Crippen LogP contribution in [-0.4, -0.2) is 23.3 Å². The molecule has 0 spiro atoms. The van der Waals surface area contributed by atoms with Crippen LogP contribution in [0.25, 0.3) is 0 Å². The molecule has 1 aliphatic carbocycles. The highest BCUT2D eigenvalue weighted by atomic mass is 16.5. The average Bonchev–Trinajstić information content (AvgIpc) is 2.43. The third-order valence-electron chi connectivity index (χ3n) is 3.37. The van der Waals surface area contributed by atoms with Gasteiger partial charge in [-0.05, 0) is 38.0 Å². The van der Waals surface area contributed by atoms with E-state index in [4.69, 9.17) is 4.74 Å². The van der Waals surface area contributed by atoms with Crippen LogP contribution in [0.2, 0.25) is 0 Å². The zero-order valence-corrected chi connectivity index (χ0v) is 10.5. The van der Waals surface area contributed by atoms with Crippen molar-refractivity contribution in [2.75, 3.05) is 6.61 Å². The molecule has 0 atom stereocenters. The molecule has 3 heteroatoms. The van der Waals surface area contributed by atoms with Crippen LogP contribution in [0.1, 0.15) is 58.8 Å². The molecule has 0 aliphatic heterocycles. The Morgan fingerprint density at radius 2 is 1.81 bits per heavy atom. The van der Waals surface area contributed by atoms with E-state index in [1.54, 1.807) is 0 Å². The second-order valence-electron chi connectivity index (χ2n) is 5.24. The Labute approximate surface area is 98.2 Å². The number of rotatable bonds is 5. The quantitative estimate of drug-likeness (QED) is 0.735. The van der Waals surface area contributed by atoms with E-state index in [-0.39, 0.29) is 0 Å². The Bertz CT molecular complexity index is 215. The van der Waals surface area contributed by atoms with E-state index >= 15 is 0 Å². The maximum atomic E-state index is 11.4. The number of aliphatic carboxylic acids is 1. The van der Waals surface area contributed by atoms with E-state index in [0.29, 0.717) is 25.4 Å². The first-order valence-corrected chi connectivity index (χ1v) is 6.44. The summed E-state index contributed by atoms with van der Waals surface area (Å²) in [6.07, 6.45) is 6.54. The van der Waals surface area contributed by atoms with Gasteiger partial charge >= 0.3 is 5.97 Å². The van der Waals surface area contributed by atoms with E-state index in [0.717, 1.165) is 32.1 Å². The minimum Gasteiger partial charge on any atom is -0.479 e. The van der Waals surface area contributed by atoms with Crippen molar-refractivity contribution < 1.29 is 14.6 Å². The van der Waals surface area contributed by atoms with Crippen LogP contribution in [0.4, 0.5) is 0 Å². The highest BCUT2D eigenvalue weighted by molar-refractivity contribution is 5.77. The summed E-state index contributed by atoms with van der Waals surface area (Å²) in [4.78, 5) is 11.4. The Morgan fingerprint density at radius 3 is 2.25 bits per heavy atom. The standard InChI is InChI=1S/C13H24O3/c1-11(2)7-10-16-13(12(14)15)8-5-3-4-6-9-13/h11H,3-10H2,1-2H3,(H,14,15). The summed E-state index contributed by atoms with van der Waals surface area (Å²) in [7, 11) is 0. The molecule has 0 amide bonds. The third kappa shape index (κ3) is 3.78. The van der Waals surface area contributed by atoms with Crippen LogP contribution in [0.5, 0.6) is 0 Å². The van der Waals surface area contributed by atoms with Gasteiger partial charge in [0, 0.05) is 6.61 Å². The van der Waals surface area contributed by atoms with Gasteiger partial charge in [0.05, 0.1) is 0 Å². The van der Waals surface area contributed by atoms with Gasteiger partial charge in [-0.1, -0.05) is 26.7 Å². The van der Waals surface area contributed by atoms with Crippen molar-refractivity contribution in [2.45, 2.75) is 64.4 Å². The SMILES string of the molecule is CC(C)CCOC1(C(=O)O)CCCCCC1. The summed E-state index contributed by atoms with van der Waals surface area (Å²) < 4.78 is 5.72. The number of carboxylic acid groups (broad SMARTS) is 1. The molecule has 0 aromatic carbocycles. The highest BCUT2D eigenvalue weighted by Crippen LogP contribution is 2.31. The molecule has 0 radical (unpaired) electrons. The zero-order chi connectivity index (χ0) is 12.0. The number of carbonyl (C=O) groups is 1. The number of hydrogen-bond donors (Lipinski definition) is 1. The molecular weight excluding hydrogens is 204 g/mol. The maximum Gasteiger partial charge on any atom is 0.335 e. The molecule has 0 unspecified atom stereocenters. The van der Waals surface area contributed by atoms with Gasteiger partial charge in [0.2, 0.25) is 0 Å². The lowest BCUT2D eigenvalue weighted by atomic mass is 9.94. The fourth-order valence-electron chi connectivity index (χ4n) is 2.21. The van der Waals surface area contributed by atoms with Gasteiger partial charge in [-0.2, -0.15) is 0 Å². The van der Waals surface area contributed by atoms with Crippen molar-refractivity contribution in [3.63, 3.8) is 0 Å². The Hall–Kier alpha value is -0.570. The number of ether oxygens (including phenoxy) is 1. The minimum absolute atomic E-state index is 0.566. The highest BCUT2D eigenvalue weighted by Gasteiger charge is 2.39. The molecule has 1 aliphatic rings. The second kappa shape index (κ2) is 6.24. The molecule has 0 heterocycles. The minimum atomic E-state index is -0.884. The predicted octanol–water partition coefficient (Wildman–Crippen LogP) is 3.23. The Morgan fingerprint density at radius 1 is 1.25 bits per heavy atom. The molecule has 0 bridgehead atoms. The van der Waals surface area contributed by atoms with Crippen LogP contribution >= 0.6 is 0 Å². The summed E-state index contributed by atoms with van der Waals surface area (Å²) in [5.74, 6) is -0.199. The molecular formula is C13H24O3. The van der Waals surface area contributed by atoms with Gasteiger partial charge in [0.1, 0.15) is 0 Å². The van der Waals surface area contributed by atoms with E-state index in [1.165, 1.54) is 0 Å². The molecule has 0 aromatic rings. The van der Waals surface area contributed by atoms with Gasteiger partial charge in [0.25, 0.3) is 0 Å². The fourth-order valence-corrected chi connectivity index (χ4v) is 2.21. The van der Waals surface area contributed by atoms with Crippen LogP contribution in [0.15, 0.2) is 0 Å². The van der Waals surface area contributed by atoms with Crippen LogP contribution in [0.3, 0.4) is 0 Å². The first-order chi connectivity index (χ1) is 7.57. The predicted molar refractivity (Wildman–Crippen MR) is 63.5 cm³/mol. The van der Waals surface area contributed by atoms with E-state index in [1.807, 2.05) is 0 Å². The van der Waals surface area contributed by atoms with E-state index in [2.05, 4.69) is 13.8 Å². The van der Waals surface area contributed by atoms with Crippen molar-refractivity contribution in [3.05, 3.63) is 0 Å². The lowest BCUT2D eigenvalue weighted by Crippen LogP contribution is -2.41. The van der Waals surface area contributed by atoms with Crippen molar-refractivity contribution >= 4 is 5.97 Å². The Balaban J connectivity index is 2.53. The topological polar surface area (TPSA) is 46.5 Å². The molecule has 1 fully saturated rings. The molecule has 94 valence electrons. The number of carboxylic acids is 1. The van der Waals surface area contributed by atoms with Gasteiger partial charge in [-0.3, -0.25) is 0 Å². The number of hydrogen-bond acceptors (Lipinski definition) is 2. The fraction of sp³-hybridized carbons (Fsp3) is 0.923. The molecule has 0 aromatic heterocycles. The van der Waals surface area contributed by atoms with Crippen LogP contribution < -0.4 is 0 Å². The van der Waals surface area contributed by atoms with Crippen molar-refractivity contribution in [3.8, 4) is 0 Å². The largest absolute Gasteiger partial charge is 0.479 e. The van der Waals surface area contributed by atoms with Gasteiger partial charge < -0.3 is 9.84 Å². The lowest BCUT2D eigenvalue weighted by molar-refractivity contribution is -0.168. The normalized spacial score (nSPS) is 20.7. The van der Waals surface area contributed by atoms with Crippen LogP contribution in [-0.2, 0) is 9.53 Å². The maximum absolute atomic E-state index is 11.4. The average molecular weight is 228 g/mol. The molecule has 16 heavy (non-hydrogen) atoms. The van der Waals surface area contributed by atoms with Crippen molar-refractivity contribution in [1.82, 2.24) is 0 Å². The summed E-state index contributed by atoms with van der Waals surface area (Å²) in [5.41, 5.74) is -0.884. The van der Waals surface area contributed by atoms with Crippen molar-refractivity contribution in [1.29, 1.82) is 0 Å². The molecule has 1 N–H and O–H groups in total. The summed E-state index contributed by atoms with van der Waals surface area (Å²) in [5, 5.41) is 9.35. The molecule has 0 saturated heterocycles. The molecule has 1 saturated carbocycles. The monoisotopic (exact) mass is 228 g/mol. The molecule has 1 rings (SSSR count). The lowest BCUT2D eigenvalue weighted by Gasteiger charge is -2.28. The van der Waals surface area contributed by atoms with Crippen molar-refractivity contribution in [2.24, 2.45) is 5.92 Å². The summed E-state index contributed by atoms with van der Waals surface area (Å²) in [6, 6.07) is 0. The summed E-state index contributed by atoms with van der Waals surface area (Å²) >= 11 is 0. The van der Waals surface area contributed by atoms with Crippen LogP contribution in [0, 0.1) is 5.92 Å². The summed E-state index contributed by atoms with van der Waals surface area (Å²) in [6.45, 7) is 4.83. The van der Waals surface area contributed by atoms with Gasteiger partial charge in [-0.25, -0.2) is 4.79 Å².